The molecule has 0 atom stereocenters. The summed E-state index contributed by atoms with van der Waals surface area (Å²) in [5, 5.41) is 3.26. The Kier molecular flexibility index (Phi) is 10.1. The van der Waals surface area contributed by atoms with E-state index >= 15 is 0 Å². The number of carbonyl (C=O) groups excluding carboxylic acids is 2. The standard InChI is InChI=1S/C28H31ClF3N3O3S3/c1-5-38-23(37)13-19-15-39-21(33-19)14-22(36)35-8-6-16(7-9-35)26-34-24(25(29)40-26)17-10-18(27(2,3)4)12-20(11-17)41-28(30,31)32/h10-12,15-16H,5-9,13-14H2,1-4H3. The molecule has 0 bridgehead atoms. The lowest BCUT2D eigenvalue weighted by molar-refractivity contribution is -0.142. The van der Waals surface area contributed by atoms with E-state index in [4.69, 9.17) is 21.3 Å². The smallest absolute Gasteiger partial charge is 0.446 e. The third-order valence-electron chi connectivity index (χ3n) is 6.61. The minimum Gasteiger partial charge on any atom is -0.466 e. The van der Waals surface area contributed by atoms with Gasteiger partial charge in [0.1, 0.15) is 15.0 Å². The zero-order valence-corrected chi connectivity index (χ0v) is 26.3. The van der Waals surface area contributed by atoms with Crippen molar-refractivity contribution in [2.75, 3.05) is 19.7 Å². The Morgan fingerprint density at radius 1 is 1.12 bits per heavy atom. The Hall–Kier alpha value is -2.15. The molecule has 222 valence electrons. The molecular formula is C28H31ClF3N3O3S3. The number of thiazole rings is 2. The van der Waals surface area contributed by atoms with Gasteiger partial charge in [0.05, 0.1) is 30.2 Å². The number of piperidine rings is 1. The summed E-state index contributed by atoms with van der Waals surface area (Å²) in [4.78, 5) is 35.7. The van der Waals surface area contributed by atoms with Gasteiger partial charge >= 0.3 is 11.5 Å². The second-order valence-electron chi connectivity index (χ2n) is 10.8. The minimum absolute atomic E-state index is 0.0213. The highest BCUT2D eigenvalue weighted by Crippen LogP contribution is 2.43. The first kappa shape index (κ1) is 31.8. The summed E-state index contributed by atoms with van der Waals surface area (Å²) in [6.45, 7) is 9.03. The van der Waals surface area contributed by atoms with Crippen molar-refractivity contribution < 1.29 is 27.5 Å². The number of hydrogen-bond acceptors (Lipinski definition) is 8. The quantitative estimate of drug-likeness (QED) is 0.183. The van der Waals surface area contributed by atoms with Crippen molar-refractivity contribution in [1.82, 2.24) is 14.9 Å². The summed E-state index contributed by atoms with van der Waals surface area (Å²) < 4.78 is 45.0. The Morgan fingerprint density at radius 2 is 1.83 bits per heavy atom. The summed E-state index contributed by atoms with van der Waals surface area (Å²) in [5.41, 5.74) is -2.34. The summed E-state index contributed by atoms with van der Waals surface area (Å²) in [5.74, 6) is -0.265. The minimum atomic E-state index is -4.40. The molecule has 1 fully saturated rings. The molecule has 0 radical (unpaired) electrons. The highest BCUT2D eigenvalue weighted by molar-refractivity contribution is 8.00. The molecule has 2 aromatic heterocycles. The van der Waals surface area contributed by atoms with Gasteiger partial charge in [-0.05, 0) is 60.7 Å². The Balaban J connectivity index is 1.41. The van der Waals surface area contributed by atoms with Gasteiger partial charge in [-0.1, -0.05) is 32.4 Å². The molecule has 1 aromatic carbocycles. The lowest BCUT2D eigenvalue weighted by atomic mass is 9.86. The summed E-state index contributed by atoms with van der Waals surface area (Å²) in [6.07, 6.45) is 1.68. The van der Waals surface area contributed by atoms with Crippen LogP contribution in [-0.4, -0.2) is 51.9 Å². The van der Waals surface area contributed by atoms with E-state index in [0.717, 1.165) is 10.6 Å². The number of nitrogens with zero attached hydrogens (tertiary/aromatic N) is 3. The lowest BCUT2D eigenvalue weighted by Crippen LogP contribution is -2.38. The Bertz CT molecular complexity index is 1390. The van der Waals surface area contributed by atoms with Gasteiger partial charge in [0.25, 0.3) is 0 Å². The van der Waals surface area contributed by atoms with Crippen molar-refractivity contribution >= 4 is 57.9 Å². The zero-order valence-electron chi connectivity index (χ0n) is 23.1. The molecule has 0 spiro atoms. The molecule has 1 saturated heterocycles. The number of likely N-dealkylation sites (tertiary alicyclic amines) is 1. The molecule has 0 saturated carbocycles. The first-order valence-corrected chi connectivity index (χ1v) is 16.1. The number of esters is 1. The molecule has 1 amide bonds. The van der Waals surface area contributed by atoms with E-state index in [1.807, 2.05) is 31.7 Å². The van der Waals surface area contributed by atoms with Crippen LogP contribution in [0.4, 0.5) is 13.2 Å². The second kappa shape index (κ2) is 13.0. The fourth-order valence-corrected chi connectivity index (χ4v) is 7.31. The third-order valence-corrected chi connectivity index (χ3v) is 9.63. The number of alkyl halides is 3. The number of carbonyl (C=O) groups is 2. The van der Waals surface area contributed by atoms with Gasteiger partial charge < -0.3 is 9.64 Å². The highest BCUT2D eigenvalue weighted by Gasteiger charge is 2.31. The molecule has 13 heteroatoms. The number of benzene rings is 1. The van der Waals surface area contributed by atoms with Crippen LogP contribution in [0.1, 0.15) is 67.7 Å². The predicted molar refractivity (Wildman–Crippen MR) is 158 cm³/mol. The molecule has 4 rings (SSSR count). The number of thioether (sulfide) groups is 1. The van der Waals surface area contributed by atoms with Crippen LogP contribution in [0.5, 0.6) is 0 Å². The van der Waals surface area contributed by atoms with E-state index in [9.17, 15) is 22.8 Å². The number of ether oxygens (including phenoxy) is 1. The van der Waals surface area contributed by atoms with Crippen molar-refractivity contribution in [2.45, 2.75) is 75.1 Å². The molecule has 3 heterocycles. The Morgan fingerprint density at radius 3 is 2.46 bits per heavy atom. The molecule has 0 unspecified atom stereocenters. The maximum atomic E-state index is 13.2. The maximum absolute atomic E-state index is 13.2. The molecular weight excluding hydrogens is 615 g/mol. The van der Waals surface area contributed by atoms with Gasteiger partial charge in [-0.2, -0.15) is 13.2 Å². The first-order valence-electron chi connectivity index (χ1n) is 13.2. The maximum Gasteiger partial charge on any atom is 0.446 e. The van der Waals surface area contributed by atoms with Crippen molar-refractivity contribution in [2.24, 2.45) is 0 Å². The van der Waals surface area contributed by atoms with Gasteiger partial charge in [-0.25, -0.2) is 9.97 Å². The van der Waals surface area contributed by atoms with Crippen molar-refractivity contribution in [3.8, 4) is 11.3 Å². The van der Waals surface area contributed by atoms with E-state index in [1.54, 1.807) is 18.4 Å². The van der Waals surface area contributed by atoms with Crippen LogP contribution < -0.4 is 0 Å². The number of rotatable bonds is 8. The van der Waals surface area contributed by atoms with E-state index in [1.165, 1.54) is 28.7 Å². The Labute approximate surface area is 254 Å². The van der Waals surface area contributed by atoms with Crippen molar-refractivity contribution in [3.05, 3.63) is 49.2 Å². The largest absolute Gasteiger partial charge is 0.466 e. The fourth-order valence-electron chi connectivity index (χ4n) is 4.52. The van der Waals surface area contributed by atoms with Crippen LogP contribution in [0.25, 0.3) is 11.3 Å². The van der Waals surface area contributed by atoms with E-state index in [0.29, 0.717) is 58.8 Å². The fraction of sp³-hybridized carbons (Fsp3) is 0.500. The topological polar surface area (TPSA) is 72.4 Å². The second-order valence-corrected chi connectivity index (χ2v) is 14.5. The number of hydrogen-bond donors (Lipinski definition) is 0. The monoisotopic (exact) mass is 645 g/mol. The van der Waals surface area contributed by atoms with Gasteiger partial charge in [0.2, 0.25) is 5.91 Å². The molecule has 6 nitrogen and oxygen atoms in total. The summed E-state index contributed by atoms with van der Waals surface area (Å²) in [7, 11) is 0. The third kappa shape index (κ3) is 8.68. The number of amides is 1. The van der Waals surface area contributed by atoms with Crippen LogP contribution in [0.15, 0.2) is 28.5 Å². The van der Waals surface area contributed by atoms with Crippen LogP contribution in [0, 0.1) is 0 Å². The lowest BCUT2D eigenvalue weighted by Gasteiger charge is -2.31. The highest BCUT2D eigenvalue weighted by atomic mass is 35.5. The molecule has 1 aliphatic rings. The van der Waals surface area contributed by atoms with E-state index in [-0.39, 0.29) is 52.7 Å². The first-order chi connectivity index (χ1) is 19.2. The van der Waals surface area contributed by atoms with Gasteiger partial charge in [0, 0.05) is 34.8 Å². The SMILES string of the molecule is CCOC(=O)Cc1csc(CC(=O)N2CCC(c3nc(-c4cc(SC(F)(F)F)cc(C(C)(C)C)c4)c(Cl)s3)CC2)n1. The molecule has 0 N–H and O–H groups in total. The van der Waals surface area contributed by atoms with Crippen LogP contribution in [0.3, 0.4) is 0 Å². The van der Waals surface area contributed by atoms with Crippen molar-refractivity contribution in [1.29, 1.82) is 0 Å². The van der Waals surface area contributed by atoms with E-state index in [2.05, 4.69) is 4.98 Å². The van der Waals surface area contributed by atoms with Crippen LogP contribution >= 0.6 is 46.0 Å². The molecule has 3 aromatic rings. The van der Waals surface area contributed by atoms with Crippen LogP contribution in [0.2, 0.25) is 4.34 Å². The number of halogens is 4. The molecule has 1 aliphatic heterocycles. The zero-order chi connectivity index (χ0) is 29.9. The van der Waals surface area contributed by atoms with E-state index < -0.39 is 5.51 Å². The average Bonchev–Trinajstić information content (AvgIpc) is 3.48. The van der Waals surface area contributed by atoms with Gasteiger partial charge in [0.15, 0.2) is 0 Å². The average molecular weight is 646 g/mol. The summed E-state index contributed by atoms with van der Waals surface area (Å²) in [6, 6.07) is 4.93. The predicted octanol–water partition coefficient (Wildman–Crippen LogP) is 7.88. The van der Waals surface area contributed by atoms with Gasteiger partial charge in [-0.3, -0.25) is 9.59 Å². The number of aromatic nitrogens is 2. The summed E-state index contributed by atoms with van der Waals surface area (Å²) >= 11 is 9.16. The molecule has 0 aliphatic carbocycles. The van der Waals surface area contributed by atoms with Crippen LogP contribution in [-0.2, 0) is 32.6 Å². The van der Waals surface area contributed by atoms with Crippen molar-refractivity contribution in [3.63, 3.8) is 0 Å². The van der Waals surface area contributed by atoms with Gasteiger partial charge in [-0.15, -0.1) is 22.7 Å². The molecule has 41 heavy (non-hydrogen) atoms. The normalized spacial score (nSPS) is 14.9.